The summed E-state index contributed by atoms with van der Waals surface area (Å²) in [6, 6.07) is 23.6. The van der Waals surface area contributed by atoms with Gasteiger partial charge in [-0.15, -0.1) is 4.80 Å². The van der Waals surface area contributed by atoms with E-state index in [1.165, 1.54) is 60.9 Å². The molecule has 12 nitrogen and oxygen atoms in total. The number of thiophene rings is 1. The van der Waals surface area contributed by atoms with Crippen LogP contribution in [0.15, 0.2) is 101 Å². The number of halogens is 1. The van der Waals surface area contributed by atoms with Gasteiger partial charge in [-0.2, -0.15) is 10.2 Å². The topological polar surface area (TPSA) is 140 Å². The molecule has 0 fully saturated rings. The van der Waals surface area contributed by atoms with E-state index in [0.717, 1.165) is 32.7 Å². The molecule has 0 bridgehead atoms. The molecule has 6 rings (SSSR count). The zero-order valence-electron chi connectivity index (χ0n) is 34.6. The summed E-state index contributed by atoms with van der Waals surface area (Å²) < 4.78 is 35.3. The molecule has 1 atom stereocenters. The van der Waals surface area contributed by atoms with Crippen molar-refractivity contribution in [3.05, 3.63) is 129 Å². The van der Waals surface area contributed by atoms with Crippen LogP contribution in [0.25, 0.3) is 15.2 Å². The molecule has 15 heteroatoms. The van der Waals surface area contributed by atoms with E-state index >= 15 is 4.39 Å². The van der Waals surface area contributed by atoms with Gasteiger partial charge in [0, 0.05) is 17.7 Å². The molecule has 0 saturated heterocycles. The Morgan fingerprint density at radius 3 is 2.15 bits per heavy atom. The molecule has 0 aliphatic heterocycles. The van der Waals surface area contributed by atoms with Crippen LogP contribution in [0.4, 0.5) is 4.39 Å². The van der Waals surface area contributed by atoms with Crippen molar-refractivity contribution in [2.45, 2.75) is 90.5 Å². The molecule has 312 valence electrons. The van der Waals surface area contributed by atoms with Gasteiger partial charge in [-0.25, -0.2) is 18.5 Å². The number of aryl methyl sites for hydroxylation is 1. The SMILES string of the molecule is CCCCOC(=O)C(C)(C)n1c(=O)c2c(C)c(-n3nccn3)sc2n(C[C@H](OCCCC(C)(C)[Si](O)(c2ccccc2)c2ccccc2)c2cc(F)ccc2OC)c1=O. The van der Waals surface area contributed by atoms with Crippen LogP contribution in [0.1, 0.15) is 77.5 Å². The molecular formula is C44H52FN5O7SSi. The van der Waals surface area contributed by atoms with Crippen molar-refractivity contribution in [2.24, 2.45) is 0 Å². The maximum absolute atomic E-state index is 15.1. The number of rotatable bonds is 18. The van der Waals surface area contributed by atoms with Gasteiger partial charge in [0.1, 0.15) is 33.0 Å². The van der Waals surface area contributed by atoms with Crippen LogP contribution in [0.2, 0.25) is 5.04 Å². The highest BCUT2D eigenvalue weighted by molar-refractivity contribution is 7.21. The number of hydrogen-bond acceptors (Lipinski definition) is 10. The third-order valence-electron chi connectivity index (χ3n) is 11.1. The lowest BCUT2D eigenvalue weighted by Gasteiger charge is -2.41. The summed E-state index contributed by atoms with van der Waals surface area (Å²) in [6.45, 7) is 10.9. The van der Waals surface area contributed by atoms with E-state index in [-0.39, 0.29) is 25.1 Å². The first-order valence-electron chi connectivity index (χ1n) is 19.8. The Bertz CT molecular complexity index is 2460. The number of ether oxygens (including phenoxy) is 3. The maximum atomic E-state index is 15.1. The zero-order valence-corrected chi connectivity index (χ0v) is 36.4. The quantitative estimate of drug-likeness (QED) is 0.0591. The predicted molar refractivity (Wildman–Crippen MR) is 230 cm³/mol. The Morgan fingerprint density at radius 2 is 1.56 bits per heavy atom. The van der Waals surface area contributed by atoms with Crippen molar-refractivity contribution in [2.75, 3.05) is 20.3 Å². The Labute approximate surface area is 347 Å². The van der Waals surface area contributed by atoms with Crippen molar-refractivity contribution in [1.29, 1.82) is 0 Å². The summed E-state index contributed by atoms with van der Waals surface area (Å²) in [4.78, 5) is 57.3. The highest BCUT2D eigenvalue weighted by Crippen LogP contribution is 2.40. The predicted octanol–water partition coefficient (Wildman–Crippen LogP) is 6.41. The fourth-order valence-electron chi connectivity index (χ4n) is 7.67. The Kier molecular flexibility index (Phi) is 13.2. The second-order valence-corrected chi connectivity index (χ2v) is 20.7. The van der Waals surface area contributed by atoms with E-state index in [0.29, 0.717) is 46.0 Å². The number of carbonyl (C=O) groups is 1. The maximum Gasteiger partial charge on any atom is 0.333 e. The van der Waals surface area contributed by atoms with Gasteiger partial charge >= 0.3 is 11.7 Å². The highest BCUT2D eigenvalue weighted by atomic mass is 32.1. The fraction of sp³-hybridized carbons (Fsp3) is 0.386. The van der Waals surface area contributed by atoms with E-state index in [9.17, 15) is 19.2 Å². The monoisotopic (exact) mass is 841 g/mol. The van der Waals surface area contributed by atoms with Gasteiger partial charge in [-0.05, 0) is 73.6 Å². The zero-order chi connectivity index (χ0) is 42.5. The van der Waals surface area contributed by atoms with Crippen LogP contribution < -0.4 is 26.4 Å². The number of aromatic nitrogens is 5. The molecule has 0 radical (unpaired) electrons. The first-order chi connectivity index (χ1) is 28.2. The molecule has 0 unspecified atom stereocenters. The summed E-state index contributed by atoms with van der Waals surface area (Å²) in [7, 11) is -1.85. The van der Waals surface area contributed by atoms with E-state index in [4.69, 9.17) is 14.2 Å². The molecule has 0 spiro atoms. The van der Waals surface area contributed by atoms with Gasteiger partial charge < -0.3 is 19.0 Å². The number of benzene rings is 3. The Morgan fingerprint density at radius 1 is 0.932 bits per heavy atom. The van der Waals surface area contributed by atoms with Crippen molar-refractivity contribution in [3.8, 4) is 10.8 Å². The van der Waals surface area contributed by atoms with Crippen LogP contribution in [0, 0.1) is 12.7 Å². The molecule has 3 aromatic carbocycles. The summed E-state index contributed by atoms with van der Waals surface area (Å²) in [5.74, 6) is -0.919. The van der Waals surface area contributed by atoms with Crippen molar-refractivity contribution >= 4 is 46.2 Å². The van der Waals surface area contributed by atoms with Crippen molar-refractivity contribution in [3.63, 3.8) is 0 Å². The first kappa shape index (κ1) is 43.4. The Hall–Kier alpha value is -5.22. The van der Waals surface area contributed by atoms with E-state index in [1.807, 2.05) is 67.6 Å². The lowest BCUT2D eigenvalue weighted by Crippen LogP contribution is -2.65. The molecule has 0 aliphatic rings. The van der Waals surface area contributed by atoms with E-state index in [1.54, 1.807) is 6.92 Å². The normalized spacial score (nSPS) is 12.8. The van der Waals surface area contributed by atoms with Crippen molar-refractivity contribution in [1.82, 2.24) is 24.1 Å². The molecule has 6 aromatic rings. The number of esters is 1. The van der Waals surface area contributed by atoms with Crippen molar-refractivity contribution < 1.29 is 28.2 Å². The third kappa shape index (κ3) is 8.47. The van der Waals surface area contributed by atoms with Gasteiger partial charge in [0.25, 0.3) is 13.9 Å². The summed E-state index contributed by atoms with van der Waals surface area (Å²) in [5, 5.41) is 10.5. The summed E-state index contributed by atoms with van der Waals surface area (Å²) in [5.41, 5.74) is -2.27. The van der Waals surface area contributed by atoms with Gasteiger partial charge in [0.2, 0.25) is 0 Å². The minimum atomic E-state index is -3.32. The molecule has 0 aliphatic carbocycles. The fourth-order valence-corrected chi connectivity index (χ4v) is 12.7. The number of fused-ring (bicyclic) bond motifs is 1. The van der Waals surface area contributed by atoms with Gasteiger partial charge in [-0.3, -0.25) is 9.36 Å². The lowest BCUT2D eigenvalue weighted by atomic mass is 10.0. The largest absolute Gasteiger partial charge is 0.496 e. The summed E-state index contributed by atoms with van der Waals surface area (Å²) in [6.07, 6.45) is 4.53. The minimum Gasteiger partial charge on any atom is -0.496 e. The third-order valence-corrected chi connectivity index (χ3v) is 16.9. The Balaban J connectivity index is 1.42. The van der Waals surface area contributed by atoms with Crippen LogP contribution in [0.5, 0.6) is 5.75 Å². The molecule has 0 saturated carbocycles. The van der Waals surface area contributed by atoms with Crippen LogP contribution in [-0.4, -0.2) is 63.5 Å². The molecular weight excluding hydrogens is 790 g/mol. The van der Waals surface area contributed by atoms with Crippen LogP contribution >= 0.6 is 11.3 Å². The molecule has 59 heavy (non-hydrogen) atoms. The smallest absolute Gasteiger partial charge is 0.333 e. The van der Waals surface area contributed by atoms with Crippen LogP contribution in [0.3, 0.4) is 0 Å². The number of nitrogens with zero attached hydrogens (tertiary/aromatic N) is 5. The van der Waals surface area contributed by atoms with E-state index in [2.05, 4.69) is 24.0 Å². The molecule has 0 amide bonds. The minimum absolute atomic E-state index is 0.138. The number of hydrogen-bond donors (Lipinski definition) is 1. The molecule has 3 heterocycles. The second kappa shape index (κ2) is 18.0. The second-order valence-electron chi connectivity index (χ2n) is 15.8. The van der Waals surface area contributed by atoms with Gasteiger partial charge in [0.05, 0.1) is 38.0 Å². The summed E-state index contributed by atoms with van der Waals surface area (Å²) >= 11 is 1.15. The average Bonchev–Trinajstić information content (AvgIpc) is 3.88. The average molecular weight is 842 g/mol. The first-order valence-corrected chi connectivity index (χ1v) is 22.6. The number of methoxy groups -OCH3 is 1. The molecule has 3 aromatic heterocycles. The van der Waals surface area contributed by atoms with Gasteiger partial charge in [0.15, 0.2) is 0 Å². The van der Waals surface area contributed by atoms with Crippen LogP contribution in [-0.2, 0) is 26.4 Å². The number of carbonyl (C=O) groups excluding carboxylic acids is 1. The van der Waals surface area contributed by atoms with Gasteiger partial charge in [-0.1, -0.05) is 99.2 Å². The van der Waals surface area contributed by atoms with E-state index < -0.39 is 48.0 Å². The standard InChI is InChI=1S/C44H52FN5O7SSi/c1-8-9-26-57-41(52)44(5,6)49-38(51)37-30(2)39(50-46-24-25-47-50)58-40(37)48(42(49)53)29-36(34-28-31(45)21-22-35(34)55-7)56-27-16-23-43(3,4)59(54,32-17-12-10-13-18-32)33-19-14-11-15-20-33/h10-15,17-22,24-25,28,36,54H,8-9,16,23,26-27,29H2,1-7H3/t36-/m0/s1. The number of unbranched alkanes of at least 4 members (excludes halogenated alkanes) is 1. The molecule has 1 N–H and O–H groups in total. The lowest BCUT2D eigenvalue weighted by molar-refractivity contribution is -0.153. The highest BCUT2D eigenvalue weighted by Gasteiger charge is 2.49.